The van der Waals surface area contributed by atoms with Crippen LogP contribution >= 0.6 is 0 Å². The molecular formula is C20H25N5O. The van der Waals surface area contributed by atoms with Gasteiger partial charge in [-0.2, -0.15) is 0 Å². The molecule has 0 amide bonds. The highest BCUT2D eigenvalue weighted by Gasteiger charge is 2.28. The summed E-state index contributed by atoms with van der Waals surface area (Å²) in [7, 11) is 0. The first-order chi connectivity index (χ1) is 12.8. The zero-order valence-electron chi connectivity index (χ0n) is 14.9. The number of aromatic nitrogens is 3. The van der Waals surface area contributed by atoms with Crippen molar-refractivity contribution >= 4 is 16.9 Å². The molecule has 26 heavy (non-hydrogen) atoms. The second kappa shape index (κ2) is 7.85. The number of aliphatic hydroxyl groups excluding tert-OH is 1. The third kappa shape index (κ3) is 3.57. The van der Waals surface area contributed by atoms with E-state index in [1.165, 1.54) is 5.56 Å². The highest BCUT2D eigenvalue weighted by Crippen LogP contribution is 2.25. The molecule has 0 saturated carbocycles. The number of aromatic amines is 1. The Morgan fingerprint density at radius 2 is 2.00 bits per heavy atom. The normalized spacial score (nSPS) is 18.5. The standard InChI is InChI=1S/C20H25N5O/c26-13-8-17-14-25(20-18-6-9-21-19(18)22-15-23-20)12-11-24(17)10-7-16-4-2-1-3-5-16/h1-6,9,15,17,26H,7-8,10-14H2,(H,21,22,23)/t17-/m1/s1. The molecule has 2 aromatic heterocycles. The molecule has 3 aromatic rings. The molecule has 1 saturated heterocycles. The molecule has 0 unspecified atom stereocenters. The van der Waals surface area contributed by atoms with Crippen molar-refractivity contribution in [3.05, 3.63) is 54.5 Å². The number of anilines is 1. The highest BCUT2D eigenvalue weighted by molar-refractivity contribution is 5.87. The molecule has 1 fully saturated rings. The molecule has 0 radical (unpaired) electrons. The Hall–Kier alpha value is -2.44. The zero-order valence-corrected chi connectivity index (χ0v) is 14.9. The third-order valence-electron chi connectivity index (χ3n) is 5.23. The maximum absolute atomic E-state index is 9.54. The van der Waals surface area contributed by atoms with Crippen LogP contribution in [0.15, 0.2) is 48.9 Å². The van der Waals surface area contributed by atoms with Crippen LogP contribution in [0.3, 0.4) is 0 Å². The molecular weight excluding hydrogens is 326 g/mol. The summed E-state index contributed by atoms with van der Waals surface area (Å²) in [5.74, 6) is 0.988. The van der Waals surface area contributed by atoms with Gasteiger partial charge in [0.25, 0.3) is 0 Å². The van der Waals surface area contributed by atoms with Gasteiger partial charge < -0.3 is 15.0 Å². The number of aliphatic hydroxyl groups is 1. The van der Waals surface area contributed by atoms with Crippen molar-refractivity contribution in [3.63, 3.8) is 0 Å². The van der Waals surface area contributed by atoms with Gasteiger partial charge in [0.2, 0.25) is 0 Å². The molecule has 4 rings (SSSR count). The van der Waals surface area contributed by atoms with Gasteiger partial charge in [-0.1, -0.05) is 30.3 Å². The molecule has 3 heterocycles. The minimum atomic E-state index is 0.212. The first-order valence-corrected chi connectivity index (χ1v) is 9.27. The summed E-state index contributed by atoms with van der Waals surface area (Å²) in [5.41, 5.74) is 2.24. The molecule has 136 valence electrons. The van der Waals surface area contributed by atoms with Crippen molar-refractivity contribution < 1.29 is 5.11 Å². The van der Waals surface area contributed by atoms with Crippen molar-refractivity contribution in [1.29, 1.82) is 0 Å². The van der Waals surface area contributed by atoms with E-state index < -0.39 is 0 Å². The third-order valence-corrected chi connectivity index (χ3v) is 5.23. The molecule has 6 heteroatoms. The summed E-state index contributed by atoms with van der Waals surface area (Å²) >= 11 is 0. The van der Waals surface area contributed by atoms with Gasteiger partial charge in [0.15, 0.2) is 0 Å². The van der Waals surface area contributed by atoms with Gasteiger partial charge in [0.05, 0.1) is 5.39 Å². The van der Waals surface area contributed by atoms with E-state index in [1.807, 2.05) is 12.3 Å². The molecule has 0 bridgehead atoms. The molecule has 0 aliphatic carbocycles. The number of fused-ring (bicyclic) bond motifs is 1. The van der Waals surface area contributed by atoms with Gasteiger partial charge in [0, 0.05) is 45.0 Å². The van der Waals surface area contributed by atoms with E-state index in [1.54, 1.807) is 6.33 Å². The van der Waals surface area contributed by atoms with Crippen LogP contribution < -0.4 is 4.90 Å². The van der Waals surface area contributed by atoms with Crippen LogP contribution in [0.5, 0.6) is 0 Å². The Balaban J connectivity index is 1.47. The molecule has 1 atom stereocenters. The fourth-order valence-electron chi connectivity index (χ4n) is 3.83. The predicted octanol–water partition coefficient (Wildman–Crippen LogP) is 2.07. The largest absolute Gasteiger partial charge is 0.396 e. The van der Waals surface area contributed by atoms with Gasteiger partial charge in [-0.15, -0.1) is 0 Å². The van der Waals surface area contributed by atoms with Crippen molar-refractivity contribution in [2.24, 2.45) is 0 Å². The van der Waals surface area contributed by atoms with Crippen LogP contribution in [-0.4, -0.2) is 63.8 Å². The lowest BCUT2D eigenvalue weighted by atomic mass is 10.1. The lowest BCUT2D eigenvalue weighted by Gasteiger charge is -2.42. The SMILES string of the molecule is OCC[C@@H]1CN(c2ncnc3[nH]ccc23)CCN1CCc1ccccc1. The van der Waals surface area contributed by atoms with E-state index in [0.717, 1.165) is 55.9 Å². The number of piperazine rings is 1. The average molecular weight is 351 g/mol. The minimum absolute atomic E-state index is 0.212. The lowest BCUT2D eigenvalue weighted by molar-refractivity contribution is 0.143. The van der Waals surface area contributed by atoms with Gasteiger partial charge in [-0.05, 0) is 24.5 Å². The fourth-order valence-corrected chi connectivity index (χ4v) is 3.83. The maximum atomic E-state index is 9.54. The van der Waals surface area contributed by atoms with Crippen LogP contribution in [0.2, 0.25) is 0 Å². The van der Waals surface area contributed by atoms with Crippen LogP contribution in [0.1, 0.15) is 12.0 Å². The molecule has 6 nitrogen and oxygen atoms in total. The molecule has 0 spiro atoms. The van der Waals surface area contributed by atoms with E-state index in [2.05, 4.69) is 55.1 Å². The highest BCUT2D eigenvalue weighted by atomic mass is 16.3. The van der Waals surface area contributed by atoms with Gasteiger partial charge in [0.1, 0.15) is 17.8 Å². The number of hydrogen-bond donors (Lipinski definition) is 2. The Kier molecular flexibility index (Phi) is 5.13. The number of rotatable bonds is 6. The Morgan fingerprint density at radius 1 is 1.12 bits per heavy atom. The Morgan fingerprint density at radius 3 is 2.85 bits per heavy atom. The summed E-state index contributed by atoms with van der Waals surface area (Å²) in [5, 5.41) is 10.6. The van der Waals surface area contributed by atoms with Crippen LogP contribution in [0.4, 0.5) is 5.82 Å². The summed E-state index contributed by atoms with van der Waals surface area (Å²) in [4.78, 5) is 16.8. The maximum Gasteiger partial charge on any atom is 0.142 e. The van der Waals surface area contributed by atoms with Gasteiger partial charge in [-0.3, -0.25) is 4.90 Å². The monoisotopic (exact) mass is 351 g/mol. The van der Waals surface area contributed by atoms with Crippen LogP contribution in [0.25, 0.3) is 11.0 Å². The second-order valence-corrected chi connectivity index (χ2v) is 6.82. The molecule has 1 aliphatic rings. The Labute approximate surface area is 153 Å². The summed E-state index contributed by atoms with van der Waals surface area (Å²) in [6.07, 6.45) is 5.35. The van der Waals surface area contributed by atoms with Crippen molar-refractivity contribution in [2.75, 3.05) is 37.7 Å². The van der Waals surface area contributed by atoms with E-state index in [0.29, 0.717) is 6.04 Å². The number of nitrogens with one attached hydrogen (secondary N) is 1. The van der Waals surface area contributed by atoms with Crippen LogP contribution in [0, 0.1) is 0 Å². The molecule has 1 aliphatic heterocycles. The number of H-pyrrole nitrogens is 1. The van der Waals surface area contributed by atoms with E-state index >= 15 is 0 Å². The van der Waals surface area contributed by atoms with Crippen LogP contribution in [-0.2, 0) is 6.42 Å². The quantitative estimate of drug-likeness (QED) is 0.712. The fraction of sp³-hybridized carbons (Fsp3) is 0.400. The minimum Gasteiger partial charge on any atom is -0.396 e. The van der Waals surface area contributed by atoms with Crippen molar-refractivity contribution in [2.45, 2.75) is 18.9 Å². The molecule has 1 aromatic carbocycles. The van der Waals surface area contributed by atoms with Gasteiger partial charge in [-0.25, -0.2) is 9.97 Å². The van der Waals surface area contributed by atoms with Gasteiger partial charge >= 0.3 is 0 Å². The van der Waals surface area contributed by atoms with Crippen molar-refractivity contribution in [3.8, 4) is 0 Å². The average Bonchev–Trinajstić information content (AvgIpc) is 3.17. The molecule has 2 N–H and O–H groups in total. The topological polar surface area (TPSA) is 68.3 Å². The lowest BCUT2D eigenvalue weighted by Crippen LogP contribution is -2.54. The first-order valence-electron chi connectivity index (χ1n) is 9.27. The van der Waals surface area contributed by atoms with E-state index in [4.69, 9.17) is 0 Å². The predicted molar refractivity (Wildman–Crippen MR) is 103 cm³/mol. The number of nitrogens with zero attached hydrogens (tertiary/aromatic N) is 4. The first kappa shape index (κ1) is 17.0. The smallest absolute Gasteiger partial charge is 0.142 e. The summed E-state index contributed by atoms with van der Waals surface area (Å²) in [6.45, 7) is 4.03. The van der Waals surface area contributed by atoms with E-state index in [9.17, 15) is 5.11 Å². The summed E-state index contributed by atoms with van der Waals surface area (Å²) < 4.78 is 0. The second-order valence-electron chi connectivity index (χ2n) is 6.82. The number of hydrogen-bond acceptors (Lipinski definition) is 5. The van der Waals surface area contributed by atoms with E-state index in [-0.39, 0.29) is 6.61 Å². The van der Waals surface area contributed by atoms with Crippen molar-refractivity contribution in [1.82, 2.24) is 19.9 Å². The summed E-state index contributed by atoms with van der Waals surface area (Å²) in [6, 6.07) is 13.0. The Bertz CT molecular complexity index is 834. The number of benzene rings is 1. The zero-order chi connectivity index (χ0) is 17.8.